The van der Waals surface area contributed by atoms with Gasteiger partial charge in [0.05, 0.1) is 0 Å². The molecule has 3 nitrogen and oxygen atoms in total. The second-order valence-corrected chi connectivity index (χ2v) is 3.07. The van der Waals surface area contributed by atoms with Gasteiger partial charge in [-0.15, -0.1) is 0 Å². The number of rotatable bonds is 5. The number of ether oxygens (including phenoxy) is 2. The van der Waals surface area contributed by atoms with E-state index in [1.54, 1.807) is 7.11 Å². The molecule has 0 heterocycles. The number of nitrogens with two attached hydrogens (primary N) is 1. The van der Waals surface area contributed by atoms with Crippen LogP contribution in [0.1, 0.15) is 12.5 Å². The minimum atomic E-state index is -0.163. The molecule has 1 atom stereocenters. The Hall–Kier alpha value is -1.06. The van der Waals surface area contributed by atoms with Gasteiger partial charge in [0, 0.05) is 25.8 Å². The zero-order valence-electron chi connectivity index (χ0n) is 8.69. The molecule has 2 N–H and O–H groups in total. The van der Waals surface area contributed by atoms with Gasteiger partial charge in [-0.05, 0) is 24.6 Å². The van der Waals surface area contributed by atoms with Crippen LogP contribution >= 0.6 is 0 Å². The lowest BCUT2D eigenvalue weighted by molar-refractivity contribution is -0.118. The van der Waals surface area contributed by atoms with E-state index in [0.717, 1.165) is 12.1 Å². The van der Waals surface area contributed by atoms with E-state index in [4.69, 9.17) is 15.2 Å². The Morgan fingerprint density at radius 1 is 1.29 bits per heavy atom. The van der Waals surface area contributed by atoms with Crippen molar-refractivity contribution in [3.8, 4) is 0 Å². The normalized spacial score (nSPS) is 12.7. The van der Waals surface area contributed by atoms with Gasteiger partial charge < -0.3 is 15.2 Å². The minimum Gasteiger partial charge on any atom is -0.399 e. The van der Waals surface area contributed by atoms with E-state index in [2.05, 4.69) is 0 Å². The molecule has 0 fully saturated rings. The third-order valence-electron chi connectivity index (χ3n) is 2.00. The summed E-state index contributed by atoms with van der Waals surface area (Å²) in [6.07, 6.45) is 0.591. The van der Waals surface area contributed by atoms with E-state index in [0.29, 0.717) is 6.61 Å². The zero-order chi connectivity index (χ0) is 10.4. The summed E-state index contributed by atoms with van der Waals surface area (Å²) in [5.74, 6) is 0. The fourth-order valence-electron chi connectivity index (χ4n) is 1.24. The van der Waals surface area contributed by atoms with Crippen molar-refractivity contribution in [1.82, 2.24) is 0 Å². The van der Waals surface area contributed by atoms with Crippen molar-refractivity contribution in [2.75, 3.05) is 19.5 Å². The summed E-state index contributed by atoms with van der Waals surface area (Å²) in [6, 6.07) is 7.74. The lowest BCUT2D eigenvalue weighted by atomic mass is 10.1. The summed E-state index contributed by atoms with van der Waals surface area (Å²) in [6.45, 7) is 2.61. The molecule has 0 aliphatic carbocycles. The van der Waals surface area contributed by atoms with Crippen molar-refractivity contribution in [3.63, 3.8) is 0 Å². The van der Waals surface area contributed by atoms with Gasteiger partial charge in [0.25, 0.3) is 0 Å². The lowest BCUT2D eigenvalue weighted by Crippen LogP contribution is -2.18. The van der Waals surface area contributed by atoms with Crippen LogP contribution in [0.4, 0.5) is 5.69 Å². The lowest BCUT2D eigenvalue weighted by Gasteiger charge is -2.14. The SMILES string of the molecule is CCOC(Cc1ccc(N)cc1)OC. The van der Waals surface area contributed by atoms with Crippen LogP contribution < -0.4 is 5.73 Å². The van der Waals surface area contributed by atoms with E-state index in [1.807, 2.05) is 31.2 Å². The summed E-state index contributed by atoms with van der Waals surface area (Å²) in [4.78, 5) is 0. The first-order valence-corrected chi connectivity index (χ1v) is 4.75. The highest BCUT2D eigenvalue weighted by Crippen LogP contribution is 2.09. The Bertz CT molecular complexity index is 258. The predicted octanol–water partition coefficient (Wildman–Crippen LogP) is 1.82. The first-order valence-electron chi connectivity index (χ1n) is 4.75. The van der Waals surface area contributed by atoms with Crippen LogP contribution in [0.15, 0.2) is 24.3 Å². The Morgan fingerprint density at radius 3 is 2.43 bits per heavy atom. The Labute approximate surface area is 84.8 Å². The Kier molecular flexibility index (Phi) is 4.43. The van der Waals surface area contributed by atoms with Crippen LogP contribution in [0.25, 0.3) is 0 Å². The zero-order valence-corrected chi connectivity index (χ0v) is 8.69. The second kappa shape index (κ2) is 5.62. The Morgan fingerprint density at radius 2 is 1.93 bits per heavy atom. The van der Waals surface area contributed by atoms with Gasteiger partial charge in [-0.25, -0.2) is 0 Å². The van der Waals surface area contributed by atoms with E-state index < -0.39 is 0 Å². The summed E-state index contributed by atoms with van der Waals surface area (Å²) < 4.78 is 10.5. The molecule has 0 saturated heterocycles. The van der Waals surface area contributed by atoms with Crippen LogP contribution in [0, 0.1) is 0 Å². The average molecular weight is 195 g/mol. The summed E-state index contributed by atoms with van der Waals surface area (Å²) in [7, 11) is 1.65. The van der Waals surface area contributed by atoms with Crippen LogP contribution in [0.3, 0.4) is 0 Å². The molecular formula is C11H17NO2. The molecule has 0 bridgehead atoms. The van der Waals surface area contributed by atoms with E-state index in [-0.39, 0.29) is 6.29 Å². The molecular weight excluding hydrogens is 178 g/mol. The van der Waals surface area contributed by atoms with Gasteiger partial charge in [0.15, 0.2) is 6.29 Å². The third-order valence-corrected chi connectivity index (χ3v) is 2.00. The highest BCUT2D eigenvalue weighted by molar-refractivity contribution is 5.39. The number of anilines is 1. The van der Waals surface area contributed by atoms with E-state index >= 15 is 0 Å². The van der Waals surface area contributed by atoms with Gasteiger partial charge in [0.2, 0.25) is 0 Å². The standard InChI is InChI=1S/C11H17NO2/c1-3-14-11(13-2)8-9-4-6-10(12)7-5-9/h4-7,11H,3,8,12H2,1-2H3. The maximum absolute atomic E-state index is 5.59. The summed E-state index contributed by atoms with van der Waals surface area (Å²) in [5.41, 5.74) is 7.53. The molecule has 0 saturated carbocycles. The fourth-order valence-corrected chi connectivity index (χ4v) is 1.24. The maximum Gasteiger partial charge on any atom is 0.161 e. The van der Waals surface area contributed by atoms with Crippen LogP contribution in [0.5, 0.6) is 0 Å². The van der Waals surface area contributed by atoms with Gasteiger partial charge in [-0.3, -0.25) is 0 Å². The van der Waals surface area contributed by atoms with Gasteiger partial charge in [0.1, 0.15) is 0 Å². The molecule has 14 heavy (non-hydrogen) atoms. The monoisotopic (exact) mass is 195 g/mol. The first kappa shape index (κ1) is 11.0. The van der Waals surface area contributed by atoms with E-state index in [9.17, 15) is 0 Å². The van der Waals surface area contributed by atoms with Gasteiger partial charge >= 0.3 is 0 Å². The van der Waals surface area contributed by atoms with Crippen molar-refractivity contribution in [1.29, 1.82) is 0 Å². The quantitative estimate of drug-likeness (QED) is 0.575. The molecule has 0 radical (unpaired) electrons. The van der Waals surface area contributed by atoms with Crippen LogP contribution in [-0.4, -0.2) is 20.0 Å². The average Bonchev–Trinajstić information content (AvgIpc) is 2.20. The van der Waals surface area contributed by atoms with E-state index in [1.165, 1.54) is 5.56 Å². The molecule has 0 aromatic heterocycles. The summed E-state index contributed by atoms with van der Waals surface area (Å²) in [5, 5.41) is 0. The van der Waals surface area contributed by atoms with Crippen molar-refractivity contribution < 1.29 is 9.47 Å². The largest absolute Gasteiger partial charge is 0.399 e. The van der Waals surface area contributed by atoms with Crippen molar-refractivity contribution in [2.45, 2.75) is 19.6 Å². The predicted molar refractivity (Wildman–Crippen MR) is 57.0 cm³/mol. The molecule has 1 rings (SSSR count). The maximum atomic E-state index is 5.59. The minimum absolute atomic E-state index is 0.163. The first-order chi connectivity index (χ1) is 6.76. The van der Waals surface area contributed by atoms with Crippen molar-refractivity contribution >= 4 is 5.69 Å². The van der Waals surface area contributed by atoms with Gasteiger partial charge in [-0.2, -0.15) is 0 Å². The molecule has 1 aromatic rings. The van der Waals surface area contributed by atoms with Crippen LogP contribution in [-0.2, 0) is 15.9 Å². The third kappa shape index (κ3) is 3.36. The van der Waals surface area contributed by atoms with Gasteiger partial charge in [-0.1, -0.05) is 12.1 Å². The number of hydrogen-bond donors (Lipinski definition) is 1. The smallest absolute Gasteiger partial charge is 0.161 e. The number of benzene rings is 1. The highest BCUT2D eigenvalue weighted by atomic mass is 16.7. The molecule has 0 spiro atoms. The molecule has 0 aliphatic heterocycles. The number of nitrogen functional groups attached to an aromatic ring is 1. The van der Waals surface area contributed by atoms with Crippen molar-refractivity contribution in [2.24, 2.45) is 0 Å². The van der Waals surface area contributed by atoms with Crippen molar-refractivity contribution in [3.05, 3.63) is 29.8 Å². The molecule has 0 amide bonds. The highest BCUT2D eigenvalue weighted by Gasteiger charge is 2.06. The molecule has 1 unspecified atom stereocenters. The summed E-state index contributed by atoms with van der Waals surface area (Å²) >= 11 is 0. The molecule has 0 aliphatic rings. The fraction of sp³-hybridized carbons (Fsp3) is 0.455. The topological polar surface area (TPSA) is 44.5 Å². The number of methoxy groups -OCH3 is 1. The Balaban J connectivity index is 2.53. The molecule has 78 valence electrons. The number of hydrogen-bond acceptors (Lipinski definition) is 3. The molecule has 1 aromatic carbocycles. The van der Waals surface area contributed by atoms with Crippen LogP contribution in [0.2, 0.25) is 0 Å². The second-order valence-electron chi connectivity index (χ2n) is 3.07. The molecule has 3 heteroatoms.